The number of carbonyl (C=O) groups is 1. The highest BCUT2D eigenvalue weighted by atomic mass is 35.5. The minimum absolute atomic E-state index is 0.00275. The first kappa shape index (κ1) is 30.0. The van der Waals surface area contributed by atoms with Crippen LogP contribution in [0.5, 0.6) is 0 Å². The topological polar surface area (TPSA) is 90.2 Å². The Hall–Kier alpha value is -4.02. The molecule has 3 aromatic carbocycles. The molecule has 41 heavy (non-hydrogen) atoms. The molecule has 0 aliphatic heterocycles. The summed E-state index contributed by atoms with van der Waals surface area (Å²) >= 11 is 6.08. The van der Waals surface area contributed by atoms with Crippen LogP contribution in [0.25, 0.3) is 5.69 Å². The van der Waals surface area contributed by atoms with Gasteiger partial charge in [0, 0.05) is 18.3 Å². The Morgan fingerprint density at radius 3 is 2.49 bits per heavy atom. The molecule has 0 spiro atoms. The molecular weight excluding hydrogens is 552 g/mol. The largest absolute Gasteiger partial charge is 0.382 e. The van der Waals surface area contributed by atoms with Gasteiger partial charge in [-0.15, -0.1) is 5.10 Å². The molecule has 0 fully saturated rings. The second kappa shape index (κ2) is 13.6. The van der Waals surface area contributed by atoms with Gasteiger partial charge in [-0.2, -0.15) is 4.68 Å². The van der Waals surface area contributed by atoms with Crippen molar-refractivity contribution in [2.24, 2.45) is 0 Å². The van der Waals surface area contributed by atoms with Crippen molar-refractivity contribution in [2.45, 2.75) is 59.4 Å². The second-order valence-corrected chi connectivity index (χ2v) is 9.97. The summed E-state index contributed by atoms with van der Waals surface area (Å²) in [5, 5.41) is 10.0. The van der Waals surface area contributed by atoms with Crippen LogP contribution in [0.15, 0.2) is 65.5 Å². The Kier molecular flexibility index (Phi) is 9.91. The predicted octanol–water partition coefficient (Wildman–Crippen LogP) is 6.56. The normalized spacial score (nSPS) is 11.9. The number of nitrogens with one attached hydrogen (secondary N) is 2. The minimum Gasteiger partial charge on any atom is -0.382 e. The number of hydrogen-bond acceptors (Lipinski definition) is 5. The predicted molar refractivity (Wildman–Crippen MR) is 156 cm³/mol. The van der Waals surface area contributed by atoms with Crippen molar-refractivity contribution >= 4 is 28.9 Å². The third kappa shape index (κ3) is 7.01. The molecule has 1 atom stereocenters. The molecule has 0 aliphatic carbocycles. The number of halogens is 3. The highest BCUT2D eigenvalue weighted by Gasteiger charge is 2.23. The quantitative estimate of drug-likeness (QED) is 0.197. The van der Waals surface area contributed by atoms with Crippen LogP contribution in [0, 0.1) is 11.6 Å². The van der Waals surface area contributed by atoms with E-state index in [4.69, 9.17) is 16.3 Å². The summed E-state index contributed by atoms with van der Waals surface area (Å²) in [6.45, 7) is 6.37. The highest BCUT2D eigenvalue weighted by molar-refractivity contribution is 6.34. The summed E-state index contributed by atoms with van der Waals surface area (Å²) in [7, 11) is 0. The third-order valence-electron chi connectivity index (χ3n) is 6.48. The van der Waals surface area contributed by atoms with Gasteiger partial charge in [-0.05, 0) is 50.1 Å². The first-order chi connectivity index (χ1) is 19.7. The Labute approximate surface area is 241 Å². The van der Waals surface area contributed by atoms with Gasteiger partial charge in [-0.3, -0.25) is 9.36 Å². The van der Waals surface area contributed by atoms with Crippen LogP contribution in [0.3, 0.4) is 0 Å². The molecule has 0 saturated heterocycles. The van der Waals surface area contributed by atoms with Crippen LogP contribution in [0.1, 0.15) is 55.4 Å². The first-order valence-electron chi connectivity index (χ1n) is 13.4. The Bertz CT molecular complexity index is 1550. The van der Waals surface area contributed by atoms with Gasteiger partial charge < -0.3 is 15.4 Å². The number of carbonyl (C=O) groups excluding carboxylic acids is 1. The van der Waals surface area contributed by atoms with Crippen LogP contribution >= 0.6 is 11.6 Å². The smallest absolute Gasteiger partial charge is 0.350 e. The lowest BCUT2D eigenvalue weighted by Crippen LogP contribution is -2.26. The average molecular weight is 584 g/mol. The van der Waals surface area contributed by atoms with E-state index in [-0.39, 0.29) is 40.3 Å². The van der Waals surface area contributed by atoms with Gasteiger partial charge in [0.05, 0.1) is 22.9 Å². The number of hydrogen-bond donors (Lipinski definition) is 2. The van der Waals surface area contributed by atoms with E-state index in [1.807, 2.05) is 44.2 Å². The van der Waals surface area contributed by atoms with E-state index in [2.05, 4.69) is 15.7 Å². The minimum atomic E-state index is -0.858. The van der Waals surface area contributed by atoms with Crippen LogP contribution in [0.2, 0.25) is 5.02 Å². The number of ether oxygens (including phenoxy) is 1. The molecule has 0 radical (unpaired) electrons. The lowest BCUT2D eigenvalue weighted by atomic mass is 10.1. The molecule has 0 unspecified atom stereocenters. The van der Waals surface area contributed by atoms with Crippen LogP contribution in [0.4, 0.5) is 20.2 Å². The SMILES string of the molecule is CCC[C@H](C)Nc1cc(-n2nc(COCc3ccccc3)n(CC)c2=O)c(F)cc1C(=O)Nc1c(F)cccc1Cl. The van der Waals surface area contributed by atoms with Crippen molar-refractivity contribution in [3.05, 3.63) is 105 Å². The molecular formula is C30H32ClF2N5O3. The van der Waals surface area contributed by atoms with Crippen LogP contribution in [-0.2, 0) is 24.5 Å². The lowest BCUT2D eigenvalue weighted by molar-refractivity contribution is 0.0989. The molecule has 1 heterocycles. The molecule has 4 rings (SSSR count). The number of anilines is 2. The third-order valence-corrected chi connectivity index (χ3v) is 6.80. The van der Waals surface area contributed by atoms with Gasteiger partial charge in [0.25, 0.3) is 5.91 Å². The number of amides is 1. The number of para-hydroxylation sites is 1. The number of rotatable bonds is 12. The Balaban J connectivity index is 1.70. The van der Waals surface area contributed by atoms with Gasteiger partial charge in [0.15, 0.2) is 5.82 Å². The summed E-state index contributed by atoms with van der Waals surface area (Å²) < 4.78 is 38.1. The van der Waals surface area contributed by atoms with Crippen molar-refractivity contribution < 1.29 is 18.3 Å². The summed E-state index contributed by atoms with van der Waals surface area (Å²) in [5.74, 6) is -2.02. The Morgan fingerprint density at radius 1 is 1.05 bits per heavy atom. The maximum Gasteiger partial charge on any atom is 0.350 e. The number of nitrogens with zero attached hydrogens (tertiary/aromatic N) is 3. The van der Waals surface area contributed by atoms with Gasteiger partial charge in [-0.1, -0.05) is 61.3 Å². The van der Waals surface area contributed by atoms with Gasteiger partial charge in [-0.25, -0.2) is 13.6 Å². The maximum absolute atomic E-state index is 15.6. The zero-order valence-corrected chi connectivity index (χ0v) is 23.8. The zero-order chi connectivity index (χ0) is 29.5. The number of benzene rings is 3. The molecule has 2 N–H and O–H groups in total. The lowest BCUT2D eigenvalue weighted by Gasteiger charge is -2.19. The van der Waals surface area contributed by atoms with Crippen molar-refractivity contribution in [1.29, 1.82) is 0 Å². The monoisotopic (exact) mass is 583 g/mol. The molecule has 0 bridgehead atoms. The van der Waals surface area contributed by atoms with Crippen molar-refractivity contribution in [2.75, 3.05) is 10.6 Å². The van der Waals surface area contributed by atoms with Gasteiger partial charge in [0.1, 0.15) is 23.9 Å². The van der Waals surface area contributed by atoms with Gasteiger partial charge in [0.2, 0.25) is 0 Å². The molecule has 1 amide bonds. The Morgan fingerprint density at radius 2 is 1.80 bits per heavy atom. The van der Waals surface area contributed by atoms with E-state index in [1.165, 1.54) is 22.8 Å². The zero-order valence-electron chi connectivity index (χ0n) is 23.1. The van der Waals surface area contributed by atoms with Gasteiger partial charge >= 0.3 is 5.69 Å². The fraction of sp³-hybridized carbons (Fsp3) is 0.300. The maximum atomic E-state index is 15.6. The van der Waals surface area contributed by atoms with Crippen LogP contribution in [-0.4, -0.2) is 26.3 Å². The highest BCUT2D eigenvalue weighted by Crippen LogP contribution is 2.29. The van der Waals surface area contributed by atoms with Crippen molar-refractivity contribution in [3.63, 3.8) is 0 Å². The molecule has 1 aromatic heterocycles. The van der Waals surface area contributed by atoms with E-state index < -0.39 is 23.2 Å². The summed E-state index contributed by atoms with van der Waals surface area (Å²) in [6.07, 6.45) is 1.63. The summed E-state index contributed by atoms with van der Waals surface area (Å²) in [6, 6.07) is 15.8. The molecule has 11 heteroatoms. The molecule has 0 saturated carbocycles. The average Bonchev–Trinajstić information content (AvgIpc) is 3.26. The summed E-state index contributed by atoms with van der Waals surface area (Å²) in [5.41, 5.74) is 0.237. The standard InChI is InChI=1S/C30H32ClF2N5O3/c1-4-10-19(3)34-25-16-26(24(33)15-21(25)29(39)35-28-22(31)13-9-14-23(28)32)38-30(40)37(5-2)27(36-38)18-41-17-20-11-7-6-8-12-20/h6-9,11-16,19,34H,4-5,10,17-18H2,1-3H3,(H,35,39)/t19-/m0/s1. The van der Waals surface area contributed by atoms with E-state index in [0.29, 0.717) is 19.0 Å². The molecule has 0 aliphatic rings. The number of aromatic nitrogens is 3. The van der Waals surface area contributed by atoms with E-state index in [9.17, 15) is 14.0 Å². The first-order valence-corrected chi connectivity index (χ1v) is 13.8. The second-order valence-electron chi connectivity index (χ2n) is 9.57. The van der Waals surface area contributed by atoms with Crippen LogP contribution < -0.4 is 16.3 Å². The molecule has 4 aromatic rings. The van der Waals surface area contributed by atoms with E-state index in [1.54, 1.807) is 6.92 Å². The van der Waals surface area contributed by atoms with E-state index >= 15 is 4.39 Å². The molecule has 216 valence electrons. The fourth-order valence-electron chi connectivity index (χ4n) is 4.45. The van der Waals surface area contributed by atoms with Crippen molar-refractivity contribution in [3.8, 4) is 5.69 Å². The van der Waals surface area contributed by atoms with E-state index in [0.717, 1.165) is 35.2 Å². The van der Waals surface area contributed by atoms with Crippen molar-refractivity contribution in [1.82, 2.24) is 14.3 Å². The molecule has 8 nitrogen and oxygen atoms in total. The summed E-state index contributed by atoms with van der Waals surface area (Å²) in [4.78, 5) is 26.5. The fourth-order valence-corrected chi connectivity index (χ4v) is 4.66.